The molecule has 0 spiro atoms. The molecule has 0 aliphatic carbocycles. The van der Waals surface area contributed by atoms with Crippen molar-refractivity contribution in [3.8, 4) is 0 Å². The van der Waals surface area contributed by atoms with E-state index in [-0.39, 0.29) is 32.0 Å². The van der Waals surface area contributed by atoms with Gasteiger partial charge in [-0.1, -0.05) is 224 Å². The summed E-state index contributed by atoms with van der Waals surface area (Å²) in [6.45, 7) is 4.16. The van der Waals surface area contributed by atoms with Crippen LogP contribution >= 0.6 is 7.82 Å². The van der Waals surface area contributed by atoms with E-state index in [0.717, 1.165) is 135 Å². The van der Waals surface area contributed by atoms with E-state index < -0.39 is 26.5 Å². The number of rotatable bonds is 52. The van der Waals surface area contributed by atoms with Crippen LogP contribution in [0.4, 0.5) is 0 Å². The predicted molar refractivity (Wildman–Crippen MR) is 325 cm³/mol. The second-order valence-corrected chi connectivity index (χ2v) is 21.7. The van der Waals surface area contributed by atoms with Crippen LogP contribution in [0.3, 0.4) is 0 Å². The third-order valence-electron chi connectivity index (χ3n) is 11.9. The van der Waals surface area contributed by atoms with E-state index in [1.807, 2.05) is 21.1 Å². The molecule has 10 heteroatoms. The highest BCUT2D eigenvalue weighted by Gasteiger charge is 2.27. The molecule has 0 aromatic heterocycles. The van der Waals surface area contributed by atoms with Crippen molar-refractivity contribution < 1.29 is 42.1 Å². The number of likely N-dealkylation sites (N-methyl/N-ethyl adjacent to an activating group) is 1. The van der Waals surface area contributed by atoms with Crippen LogP contribution in [0.25, 0.3) is 0 Å². The maximum absolute atomic E-state index is 12.8. The van der Waals surface area contributed by atoms with Crippen molar-refractivity contribution in [2.75, 3.05) is 47.5 Å². The number of carbonyl (C=O) groups is 2. The number of hydrogen-bond donors (Lipinski definition) is 1. The standard InChI is InChI=1S/C66H108NO8P/c1-6-8-10-12-14-16-18-20-22-24-25-26-27-28-29-30-31-32-33-34-35-36-37-38-39-40-41-43-45-47-49-51-53-55-57-59-66(69)75-64(63-74-76(70,71)73-61-60-67(3,4)5)62-72-65(68)58-56-54-52-50-48-46-44-42-23-21-19-17-15-13-11-9-7-2/h8-11,14-17,20-23,25-26,28-29,31-32,34-35,37-38,40-41,64H,6-7,12-13,18-19,24,27,30,33,36,39,42-63H2,1-5H3/p+1/b10-8-,11-9-,16-14-,17-15-,22-20-,23-21-,26-25-,29-28-,32-31-,35-34-,38-37-,41-40-. The lowest BCUT2D eigenvalue weighted by Gasteiger charge is -2.24. The fourth-order valence-corrected chi connectivity index (χ4v) is 8.12. The first-order valence-electron chi connectivity index (χ1n) is 29.6. The van der Waals surface area contributed by atoms with Gasteiger partial charge in [-0.05, 0) is 116 Å². The van der Waals surface area contributed by atoms with Crippen molar-refractivity contribution in [3.05, 3.63) is 146 Å². The van der Waals surface area contributed by atoms with Gasteiger partial charge in [0.05, 0.1) is 27.7 Å². The summed E-state index contributed by atoms with van der Waals surface area (Å²) in [6, 6.07) is 0. The van der Waals surface area contributed by atoms with Crippen LogP contribution in [-0.2, 0) is 32.7 Å². The Kier molecular flexibility index (Phi) is 52.6. The van der Waals surface area contributed by atoms with Gasteiger partial charge in [0.25, 0.3) is 0 Å². The lowest BCUT2D eigenvalue weighted by molar-refractivity contribution is -0.870. The van der Waals surface area contributed by atoms with Crippen LogP contribution in [-0.4, -0.2) is 74.9 Å². The number of hydrogen-bond acceptors (Lipinski definition) is 7. The molecule has 0 fully saturated rings. The molecule has 1 N–H and O–H groups in total. The second-order valence-electron chi connectivity index (χ2n) is 20.3. The van der Waals surface area contributed by atoms with Gasteiger partial charge in [-0.15, -0.1) is 0 Å². The molecule has 0 amide bonds. The van der Waals surface area contributed by atoms with Crippen LogP contribution < -0.4 is 0 Å². The van der Waals surface area contributed by atoms with E-state index in [9.17, 15) is 19.0 Å². The van der Waals surface area contributed by atoms with Crippen molar-refractivity contribution >= 4 is 19.8 Å². The first kappa shape index (κ1) is 71.9. The van der Waals surface area contributed by atoms with Crippen LogP contribution in [0.2, 0.25) is 0 Å². The Morgan fingerprint density at radius 3 is 1.05 bits per heavy atom. The predicted octanol–water partition coefficient (Wildman–Crippen LogP) is 18.7. The van der Waals surface area contributed by atoms with Gasteiger partial charge in [-0.3, -0.25) is 18.6 Å². The van der Waals surface area contributed by atoms with E-state index in [4.69, 9.17) is 18.5 Å². The highest BCUT2D eigenvalue weighted by Crippen LogP contribution is 2.43. The SMILES string of the molecule is CC/C=C\C/C=C\C/C=C\C/C=C\C/C=C\C/C=C\C/C=C\C/C=C\C/C=C\CCCCCCCCCC(=O)OC(COC(=O)CCCCCCCCC/C=C\C/C=C\C/C=C\CC)COP(=O)(O)OCC[N+](C)(C)C. The van der Waals surface area contributed by atoms with Crippen molar-refractivity contribution in [2.24, 2.45) is 0 Å². The maximum Gasteiger partial charge on any atom is 0.472 e. The number of ether oxygens (including phenoxy) is 2. The number of quaternary nitrogens is 1. The fourth-order valence-electron chi connectivity index (χ4n) is 7.37. The Morgan fingerprint density at radius 1 is 0.408 bits per heavy atom. The topological polar surface area (TPSA) is 108 Å². The maximum atomic E-state index is 12.8. The number of unbranched alkanes of at least 4 members (excludes halogenated alkanes) is 14. The number of esters is 2. The minimum absolute atomic E-state index is 0.0194. The van der Waals surface area contributed by atoms with Crippen LogP contribution in [0.5, 0.6) is 0 Å². The van der Waals surface area contributed by atoms with Crippen molar-refractivity contribution in [1.29, 1.82) is 0 Å². The quantitative estimate of drug-likeness (QED) is 0.0211. The average molecular weight is 1080 g/mol. The number of phosphoric ester groups is 1. The Labute approximate surface area is 465 Å². The van der Waals surface area contributed by atoms with Gasteiger partial charge >= 0.3 is 19.8 Å². The normalized spacial score (nSPS) is 14.3. The van der Waals surface area contributed by atoms with E-state index in [1.54, 1.807) is 0 Å². The molecule has 0 rings (SSSR count). The van der Waals surface area contributed by atoms with E-state index >= 15 is 0 Å². The zero-order valence-corrected chi connectivity index (χ0v) is 49.6. The van der Waals surface area contributed by atoms with Gasteiger partial charge in [0, 0.05) is 12.8 Å². The summed E-state index contributed by atoms with van der Waals surface area (Å²) in [4.78, 5) is 35.7. The third kappa shape index (κ3) is 59.1. The fraction of sp³-hybridized carbons (Fsp3) is 0.606. The molecule has 0 saturated heterocycles. The molecule has 430 valence electrons. The first-order chi connectivity index (χ1) is 37.0. The Hall–Kier alpha value is -4.11. The largest absolute Gasteiger partial charge is 0.472 e. The lowest BCUT2D eigenvalue weighted by atomic mass is 10.1. The van der Waals surface area contributed by atoms with Gasteiger partial charge in [-0.25, -0.2) is 4.57 Å². The van der Waals surface area contributed by atoms with Crippen LogP contribution in [0.15, 0.2) is 146 Å². The van der Waals surface area contributed by atoms with Gasteiger partial charge in [-0.2, -0.15) is 0 Å². The number of phosphoric acid groups is 1. The summed E-state index contributed by atoms with van der Waals surface area (Å²) in [7, 11) is 1.44. The molecular formula is C66H109NO8P+. The Balaban J connectivity index is 4.21. The van der Waals surface area contributed by atoms with Gasteiger partial charge in [0.2, 0.25) is 0 Å². The van der Waals surface area contributed by atoms with Gasteiger partial charge in [0.15, 0.2) is 6.10 Å². The minimum atomic E-state index is -4.40. The van der Waals surface area contributed by atoms with Gasteiger partial charge < -0.3 is 18.9 Å². The van der Waals surface area contributed by atoms with Crippen LogP contribution in [0.1, 0.15) is 206 Å². The smallest absolute Gasteiger partial charge is 0.462 e. The summed E-state index contributed by atoms with van der Waals surface area (Å²) < 4.78 is 34.5. The van der Waals surface area contributed by atoms with E-state index in [2.05, 4.69) is 160 Å². The molecule has 0 bridgehead atoms. The highest BCUT2D eigenvalue weighted by molar-refractivity contribution is 7.47. The molecule has 0 aromatic rings. The molecular weight excluding hydrogens is 966 g/mol. The molecule has 9 nitrogen and oxygen atoms in total. The summed E-state index contributed by atoms with van der Waals surface area (Å²) in [5, 5.41) is 0. The molecule has 0 aromatic carbocycles. The monoisotopic (exact) mass is 1070 g/mol. The summed E-state index contributed by atoms with van der Waals surface area (Å²) >= 11 is 0. The van der Waals surface area contributed by atoms with Gasteiger partial charge in [0.1, 0.15) is 19.8 Å². The molecule has 0 saturated carbocycles. The molecule has 0 aliphatic rings. The molecule has 2 atom stereocenters. The molecule has 0 heterocycles. The van der Waals surface area contributed by atoms with Crippen molar-refractivity contribution in [2.45, 2.75) is 213 Å². The zero-order valence-electron chi connectivity index (χ0n) is 48.7. The summed E-state index contributed by atoms with van der Waals surface area (Å²) in [5.74, 6) is -0.833. The number of allylic oxidation sites excluding steroid dienone is 24. The molecule has 0 radical (unpaired) electrons. The van der Waals surface area contributed by atoms with Crippen LogP contribution in [0, 0.1) is 0 Å². The third-order valence-corrected chi connectivity index (χ3v) is 12.8. The average Bonchev–Trinajstić information content (AvgIpc) is 3.38. The highest BCUT2D eigenvalue weighted by atomic mass is 31.2. The first-order valence-corrected chi connectivity index (χ1v) is 31.1. The molecule has 0 aliphatic heterocycles. The number of nitrogens with zero attached hydrogens (tertiary/aromatic N) is 1. The lowest BCUT2D eigenvalue weighted by Crippen LogP contribution is -2.37. The van der Waals surface area contributed by atoms with E-state index in [0.29, 0.717) is 17.4 Å². The summed E-state index contributed by atoms with van der Waals surface area (Å²) in [5.41, 5.74) is 0. The molecule has 76 heavy (non-hydrogen) atoms. The minimum Gasteiger partial charge on any atom is -0.462 e. The Bertz CT molecular complexity index is 1790. The van der Waals surface area contributed by atoms with Crippen molar-refractivity contribution in [1.82, 2.24) is 0 Å². The van der Waals surface area contributed by atoms with Crippen molar-refractivity contribution in [3.63, 3.8) is 0 Å². The molecule has 2 unspecified atom stereocenters. The second kappa shape index (κ2) is 55.6. The van der Waals surface area contributed by atoms with E-state index in [1.165, 1.54) is 38.5 Å². The summed E-state index contributed by atoms with van der Waals surface area (Å²) in [6.07, 6.45) is 82.0. The zero-order chi connectivity index (χ0) is 55.6. The Morgan fingerprint density at radius 2 is 0.711 bits per heavy atom. The number of carbonyl (C=O) groups excluding carboxylic acids is 2.